The molecule has 0 radical (unpaired) electrons. The molecule has 0 saturated carbocycles. The summed E-state index contributed by atoms with van der Waals surface area (Å²) in [6.45, 7) is 1.88. The van der Waals surface area contributed by atoms with Gasteiger partial charge in [0.1, 0.15) is 17.4 Å². The van der Waals surface area contributed by atoms with E-state index in [0.29, 0.717) is 34.3 Å². The second-order valence-electron chi connectivity index (χ2n) is 8.76. The Bertz CT molecular complexity index is 1620. The summed E-state index contributed by atoms with van der Waals surface area (Å²) in [5.74, 6) is -4.00. The Hall–Kier alpha value is -3.33. The van der Waals surface area contributed by atoms with Crippen LogP contribution in [-0.2, 0) is 24.3 Å². The maximum Gasteiger partial charge on any atom is 0.250 e. The zero-order valence-corrected chi connectivity index (χ0v) is 22.4. The predicted octanol–water partition coefficient (Wildman–Crippen LogP) is 1.90. The Morgan fingerprint density at radius 3 is 2.68 bits per heavy atom. The SMILES string of the molecule is [2H]C([2H])([2H])OC([2H])([2H])[C@@H](C(=O)Nc1nc(-c2cccc(N3C[C@@H](C)O[C@@H](C)C3)n2)cs1)c1c(C(N)=O)ccn1S(C)(=O)=O. The first-order valence-corrected chi connectivity index (χ1v) is 14.1. The highest BCUT2D eigenvalue weighted by Gasteiger charge is 2.32. The van der Waals surface area contributed by atoms with Crippen molar-refractivity contribution < 1.29 is 34.3 Å². The molecule has 3 aromatic rings. The number of carbonyl (C=O) groups is 2. The van der Waals surface area contributed by atoms with Crippen molar-refractivity contribution in [2.75, 3.05) is 43.2 Å². The van der Waals surface area contributed by atoms with Crippen molar-refractivity contribution in [3.05, 3.63) is 47.1 Å². The first kappa shape index (κ1) is 21.6. The fourth-order valence-corrected chi connectivity index (χ4v) is 5.78. The number of aromatic nitrogens is 3. The number of ether oxygens (including phenoxy) is 2. The van der Waals surface area contributed by atoms with Gasteiger partial charge in [-0.15, -0.1) is 11.3 Å². The van der Waals surface area contributed by atoms with Crippen LogP contribution < -0.4 is 16.0 Å². The third-order valence-electron chi connectivity index (χ3n) is 5.70. The van der Waals surface area contributed by atoms with Crippen LogP contribution in [0.1, 0.15) is 42.7 Å². The third kappa shape index (κ3) is 6.04. The van der Waals surface area contributed by atoms with E-state index in [9.17, 15) is 18.0 Å². The number of nitrogens with one attached hydrogen (secondary N) is 1. The van der Waals surface area contributed by atoms with Gasteiger partial charge < -0.3 is 25.4 Å². The van der Waals surface area contributed by atoms with E-state index in [-0.39, 0.29) is 17.3 Å². The number of carbonyl (C=O) groups excluding carboxylic acids is 2. The molecule has 4 rings (SSSR count). The molecule has 14 heteroatoms. The maximum absolute atomic E-state index is 13.6. The monoisotopic (exact) mass is 567 g/mol. The molecule has 12 nitrogen and oxygen atoms in total. The topological polar surface area (TPSA) is 159 Å². The minimum atomic E-state index is -4.22. The standard InChI is InChI=1S/C24H30N6O6S2/c1-14-10-29(11-15(2)36-14)20-7-5-6-18(26-20)19-13-37-24(27-19)28-23(32)17(12-35-3)21-16(22(25)31)8-9-30(21)38(4,33)34/h5-9,13-15,17H,10-12H2,1-4H3,(H2,25,31)(H,27,28,32)/t14-,15+,17-/m1/s1/i3D3,12D2. The van der Waals surface area contributed by atoms with Crippen molar-refractivity contribution in [1.82, 2.24) is 13.9 Å². The summed E-state index contributed by atoms with van der Waals surface area (Å²) in [4.78, 5) is 37.0. The van der Waals surface area contributed by atoms with Crippen LogP contribution in [0.4, 0.5) is 10.9 Å². The van der Waals surface area contributed by atoms with Crippen LogP contribution in [0.2, 0.25) is 0 Å². The van der Waals surface area contributed by atoms with Crippen LogP contribution >= 0.6 is 11.3 Å². The van der Waals surface area contributed by atoms with E-state index in [1.54, 1.807) is 11.4 Å². The number of hydrogen-bond donors (Lipinski definition) is 2. The van der Waals surface area contributed by atoms with Gasteiger partial charge in [-0.25, -0.2) is 22.4 Å². The lowest BCUT2D eigenvalue weighted by atomic mass is 10.0. The van der Waals surface area contributed by atoms with E-state index < -0.39 is 52.6 Å². The normalized spacial score (nSPS) is 21.4. The van der Waals surface area contributed by atoms with Crippen molar-refractivity contribution in [3.63, 3.8) is 0 Å². The Balaban J connectivity index is 1.69. The Labute approximate surface area is 231 Å². The van der Waals surface area contributed by atoms with Gasteiger partial charge in [0.15, 0.2) is 5.13 Å². The van der Waals surface area contributed by atoms with Crippen LogP contribution in [0.3, 0.4) is 0 Å². The Morgan fingerprint density at radius 1 is 1.29 bits per heavy atom. The molecule has 1 saturated heterocycles. The number of anilines is 2. The minimum absolute atomic E-state index is 0.0117. The van der Waals surface area contributed by atoms with Crippen LogP contribution in [-0.4, -0.2) is 79.3 Å². The number of morpholine rings is 1. The lowest BCUT2D eigenvalue weighted by Crippen LogP contribution is -2.45. The lowest BCUT2D eigenvalue weighted by Gasteiger charge is -2.36. The molecule has 1 aliphatic rings. The van der Waals surface area contributed by atoms with E-state index >= 15 is 0 Å². The Kier molecular flexibility index (Phi) is 6.36. The van der Waals surface area contributed by atoms with Gasteiger partial charge in [0.25, 0.3) is 5.91 Å². The van der Waals surface area contributed by atoms with Crippen LogP contribution in [0, 0.1) is 0 Å². The number of methoxy groups -OCH3 is 1. The second kappa shape index (κ2) is 11.2. The summed E-state index contributed by atoms with van der Waals surface area (Å²) < 4.78 is 74.8. The quantitative estimate of drug-likeness (QED) is 0.394. The number of pyridine rings is 1. The highest BCUT2D eigenvalue weighted by Crippen LogP contribution is 2.29. The van der Waals surface area contributed by atoms with Crippen LogP contribution in [0.25, 0.3) is 11.4 Å². The maximum atomic E-state index is 13.6. The van der Waals surface area contributed by atoms with Gasteiger partial charge in [0.2, 0.25) is 15.9 Å². The summed E-state index contributed by atoms with van der Waals surface area (Å²) in [6, 6.07) is 6.37. The van der Waals surface area contributed by atoms with Gasteiger partial charge in [-0.05, 0) is 32.0 Å². The molecule has 4 heterocycles. The van der Waals surface area contributed by atoms with Crippen molar-refractivity contribution in [1.29, 1.82) is 0 Å². The molecule has 0 aromatic carbocycles. The molecule has 204 valence electrons. The summed E-state index contributed by atoms with van der Waals surface area (Å²) in [7, 11) is -7.56. The van der Waals surface area contributed by atoms with Gasteiger partial charge in [-0.3, -0.25) is 9.59 Å². The number of nitrogens with zero attached hydrogens (tertiary/aromatic N) is 4. The number of thiazole rings is 1. The van der Waals surface area contributed by atoms with E-state index in [4.69, 9.17) is 22.3 Å². The average molecular weight is 568 g/mol. The van der Waals surface area contributed by atoms with Crippen molar-refractivity contribution in [3.8, 4) is 11.4 Å². The number of primary amides is 1. The van der Waals surface area contributed by atoms with Gasteiger partial charge in [-0.2, -0.15) is 0 Å². The number of amides is 2. The van der Waals surface area contributed by atoms with E-state index in [1.807, 2.05) is 26.0 Å². The highest BCUT2D eigenvalue weighted by atomic mass is 32.2. The molecule has 1 aliphatic heterocycles. The van der Waals surface area contributed by atoms with Crippen molar-refractivity contribution in [2.24, 2.45) is 5.73 Å². The number of rotatable bonds is 9. The smallest absolute Gasteiger partial charge is 0.250 e. The predicted molar refractivity (Wildman–Crippen MR) is 144 cm³/mol. The van der Waals surface area contributed by atoms with Crippen molar-refractivity contribution in [2.45, 2.75) is 32.0 Å². The molecule has 1 fully saturated rings. The highest BCUT2D eigenvalue weighted by molar-refractivity contribution is 7.89. The molecule has 38 heavy (non-hydrogen) atoms. The molecular weight excluding hydrogens is 532 g/mol. The van der Waals surface area contributed by atoms with Gasteiger partial charge in [-0.1, -0.05) is 6.07 Å². The summed E-state index contributed by atoms with van der Waals surface area (Å²) in [5, 5.41) is 3.96. The molecular formula is C24H30N6O6S2. The second-order valence-corrected chi connectivity index (χ2v) is 11.5. The Morgan fingerprint density at radius 2 is 2.03 bits per heavy atom. The molecule has 3 aromatic heterocycles. The van der Waals surface area contributed by atoms with Gasteiger partial charge in [0, 0.05) is 31.7 Å². The molecule has 0 spiro atoms. The van der Waals surface area contributed by atoms with Crippen molar-refractivity contribution >= 4 is 44.1 Å². The van der Waals surface area contributed by atoms with E-state index in [1.165, 1.54) is 0 Å². The van der Waals surface area contributed by atoms with Crippen LogP contribution in [0.5, 0.6) is 0 Å². The summed E-state index contributed by atoms with van der Waals surface area (Å²) in [5.41, 5.74) is 5.04. The third-order valence-corrected chi connectivity index (χ3v) is 7.49. The molecule has 2 amide bonds. The molecule has 3 N–H and O–H groups in total. The first-order valence-electron chi connectivity index (χ1n) is 13.9. The van der Waals surface area contributed by atoms with E-state index in [0.717, 1.165) is 29.9 Å². The van der Waals surface area contributed by atoms with Gasteiger partial charge >= 0.3 is 0 Å². The summed E-state index contributed by atoms with van der Waals surface area (Å²) >= 11 is 0.966. The van der Waals surface area contributed by atoms with E-state index in [2.05, 4.69) is 19.9 Å². The number of nitrogens with two attached hydrogens (primary N) is 1. The minimum Gasteiger partial charge on any atom is -0.383 e. The zero-order chi connectivity index (χ0) is 31.9. The lowest BCUT2D eigenvalue weighted by molar-refractivity contribution is -0.118. The largest absolute Gasteiger partial charge is 0.383 e. The molecule has 0 aliphatic carbocycles. The average Bonchev–Trinajstić information content (AvgIpc) is 3.49. The number of hydrogen-bond acceptors (Lipinski definition) is 10. The first-order chi connectivity index (χ1) is 19.9. The van der Waals surface area contributed by atoms with Crippen LogP contribution in [0.15, 0.2) is 35.8 Å². The fourth-order valence-electron chi connectivity index (χ4n) is 4.23. The zero-order valence-electron chi connectivity index (χ0n) is 25.7. The molecule has 0 unspecified atom stereocenters. The molecule has 3 atom stereocenters. The fraction of sp³-hybridized carbons (Fsp3) is 0.417. The van der Waals surface area contributed by atoms with Gasteiger partial charge in [0.05, 0.1) is 48.8 Å². The summed E-state index contributed by atoms with van der Waals surface area (Å²) in [6.07, 6.45) is 1.69. The molecule has 0 bridgehead atoms.